The molecule has 116 valence electrons. The Hall–Kier alpha value is -1.98. The molecule has 2 N–H and O–H groups in total. The lowest BCUT2D eigenvalue weighted by Gasteiger charge is -2.32. The molecule has 1 aromatic heterocycles. The van der Waals surface area contributed by atoms with Crippen LogP contribution in [0.3, 0.4) is 0 Å². The number of rotatable bonds is 2. The van der Waals surface area contributed by atoms with Crippen LogP contribution in [0.2, 0.25) is 5.02 Å². The van der Waals surface area contributed by atoms with E-state index in [1.54, 1.807) is 6.07 Å². The number of hydrogen-bond acceptors (Lipinski definition) is 3. The van der Waals surface area contributed by atoms with Crippen molar-refractivity contribution in [2.24, 2.45) is 5.92 Å². The molecular weight excluding hydrogens is 330 g/mol. The molecule has 0 unspecified atom stereocenters. The molecule has 2 aromatic rings. The van der Waals surface area contributed by atoms with Gasteiger partial charge in [0.1, 0.15) is 0 Å². The molecule has 4 nitrogen and oxygen atoms in total. The summed E-state index contributed by atoms with van der Waals surface area (Å²) in [6.45, 7) is 2.02. The zero-order valence-electron chi connectivity index (χ0n) is 12.3. The van der Waals surface area contributed by atoms with Crippen molar-refractivity contribution in [3.8, 4) is 0 Å². The summed E-state index contributed by atoms with van der Waals surface area (Å²) < 4.78 is 0. The lowest BCUT2D eigenvalue weighted by molar-refractivity contribution is -0.117. The minimum atomic E-state index is -0.0489. The summed E-state index contributed by atoms with van der Waals surface area (Å²) in [6.07, 6.45) is 8.14. The van der Waals surface area contributed by atoms with Gasteiger partial charge >= 0.3 is 0 Å². The van der Waals surface area contributed by atoms with E-state index in [1.807, 2.05) is 37.3 Å². The van der Waals surface area contributed by atoms with Crippen LogP contribution in [0.5, 0.6) is 0 Å². The Balaban J connectivity index is 1.69. The molecule has 0 bridgehead atoms. The standard InChI is InChI=1S/C17H14ClN3OS/c1-9-11-4-2-3-5-12(11)19-16(22)15(9)23-17-20-13-7-6-10(18)8-14(13)21-17/h2-8,11-12H,1H3,(H,19,22)(H,20,21)/t11-,12+/m0/s1. The van der Waals surface area contributed by atoms with Crippen molar-refractivity contribution in [1.29, 1.82) is 0 Å². The van der Waals surface area contributed by atoms with E-state index in [9.17, 15) is 4.79 Å². The summed E-state index contributed by atoms with van der Waals surface area (Å²) in [7, 11) is 0. The van der Waals surface area contributed by atoms with Crippen molar-refractivity contribution >= 4 is 40.3 Å². The van der Waals surface area contributed by atoms with Crippen LogP contribution >= 0.6 is 23.4 Å². The van der Waals surface area contributed by atoms with Gasteiger partial charge < -0.3 is 10.3 Å². The fraction of sp³-hybridized carbons (Fsp3) is 0.176. The zero-order chi connectivity index (χ0) is 16.0. The van der Waals surface area contributed by atoms with Crippen LogP contribution in [-0.2, 0) is 4.79 Å². The molecule has 1 amide bonds. The summed E-state index contributed by atoms with van der Waals surface area (Å²) in [5.74, 6) is 0.159. The van der Waals surface area contributed by atoms with E-state index < -0.39 is 0 Å². The molecule has 0 saturated carbocycles. The van der Waals surface area contributed by atoms with Crippen LogP contribution in [-0.4, -0.2) is 21.9 Å². The van der Waals surface area contributed by atoms with Gasteiger partial charge in [0.15, 0.2) is 5.16 Å². The smallest absolute Gasteiger partial charge is 0.258 e. The summed E-state index contributed by atoms with van der Waals surface area (Å²) in [4.78, 5) is 20.9. The molecule has 2 atom stereocenters. The lowest BCUT2D eigenvalue weighted by atomic mass is 9.86. The number of imidazole rings is 1. The SMILES string of the molecule is CC1=C(Sc2nc3ccc(Cl)cc3[nH]2)C(=O)N[C@@H]2C=CC=C[C@@H]12. The Labute approximate surface area is 142 Å². The van der Waals surface area contributed by atoms with Gasteiger partial charge in [-0.05, 0) is 42.5 Å². The molecule has 0 saturated heterocycles. The van der Waals surface area contributed by atoms with E-state index in [0.717, 1.165) is 16.6 Å². The van der Waals surface area contributed by atoms with Gasteiger partial charge in [-0.25, -0.2) is 4.98 Å². The first-order chi connectivity index (χ1) is 11.1. The molecule has 1 aliphatic carbocycles. The number of halogens is 1. The number of thioether (sulfide) groups is 1. The second-order valence-corrected chi connectivity index (χ2v) is 7.05. The zero-order valence-corrected chi connectivity index (χ0v) is 13.9. The first kappa shape index (κ1) is 14.6. The van der Waals surface area contributed by atoms with E-state index in [1.165, 1.54) is 11.8 Å². The summed E-state index contributed by atoms with van der Waals surface area (Å²) in [6, 6.07) is 5.55. The van der Waals surface area contributed by atoms with Crippen molar-refractivity contribution in [3.63, 3.8) is 0 Å². The van der Waals surface area contributed by atoms with Crippen molar-refractivity contribution in [2.45, 2.75) is 18.1 Å². The van der Waals surface area contributed by atoms with Gasteiger partial charge in [0, 0.05) is 10.9 Å². The predicted octanol–water partition coefficient (Wildman–Crippen LogP) is 3.82. The molecule has 0 radical (unpaired) electrons. The molecule has 2 heterocycles. The average molecular weight is 344 g/mol. The summed E-state index contributed by atoms with van der Waals surface area (Å²) in [5, 5.41) is 4.40. The van der Waals surface area contributed by atoms with Crippen LogP contribution in [0, 0.1) is 5.92 Å². The van der Waals surface area contributed by atoms with Crippen molar-refractivity contribution in [1.82, 2.24) is 15.3 Å². The molecule has 23 heavy (non-hydrogen) atoms. The monoisotopic (exact) mass is 343 g/mol. The molecule has 4 rings (SSSR count). The number of benzene rings is 1. The molecule has 1 aliphatic heterocycles. The topological polar surface area (TPSA) is 57.8 Å². The fourth-order valence-corrected chi connectivity index (χ4v) is 4.06. The number of aromatic nitrogens is 2. The average Bonchev–Trinajstić information content (AvgIpc) is 2.93. The maximum absolute atomic E-state index is 12.4. The number of aromatic amines is 1. The first-order valence-electron chi connectivity index (χ1n) is 7.31. The quantitative estimate of drug-likeness (QED) is 0.871. The van der Waals surface area contributed by atoms with Gasteiger partial charge in [-0.3, -0.25) is 4.79 Å². The third-order valence-corrected chi connectivity index (χ3v) is 5.45. The number of amides is 1. The summed E-state index contributed by atoms with van der Waals surface area (Å²) >= 11 is 7.37. The van der Waals surface area contributed by atoms with E-state index in [-0.39, 0.29) is 17.9 Å². The van der Waals surface area contributed by atoms with Crippen LogP contribution in [0.15, 0.2) is 58.1 Å². The van der Waals surface area contributed by atoms with Crippen LogP contribution in [0.1, 0.15) is 6.92 Å². The predicted molar refractivity (Wildman–Crippen MR) is 93.4 cm³/mol. The van der Waals surface area contributed by atoms with Crippen molar-refractivity contribution in [3.05, 3.63) is 58.0 Å². The number of fused-ring (bicyclic) bond motifs is 2. The highest BCUT2D eigenvalue weighted by molar-refractivity contribution is 8.03. The second kappa shape index (κ2) is 5.58. The largest absolute Gasteiger partial charge is 0.344 e. The maximum atomic E-state index is 12.4. The Morgan fingerprint density at radius 1 is 1.26 bits per heavy atom. The van der Waals surface area contributed by atoms with E-state index >= 15 is 0 Å². The molecule has 0 fully saturated rings. The molecule has 2 aliphatic rings. The molecule has 0 spiro atoms. The van der Waals surface area contributed by atoms with E-state index in [4.69, 9.17) is 11.6 Å². The highest BCUT2D eigenvalue weighted by Crippen LogP contribution is 2.36. The van der Waals surface area contributed by atoms with Gasteiger partial charge in [0.2, 0.25) is 0 Å². The Morgan fingerprint density at radius 3 is 2.96 bits per heavy atom. The van der Waals surface area contributed by atoms with Crippen molar-refractivity contribution in [2.75, 3.05) is 0 Å². The highest BCUT2D eigenvalue weighted by Gasteiger charge is 2.32. The normalized spacial score (nSPS) is 23.3. The minimum Gasteiger partial charge on any atom is -0.344 e. The van der Waals surface area contributed by atoms with E-state index in [2.05, 4.69) is 21.4 Å². The third kappa shape index (κ3) is 2.60. The molecular formula is C17H14ClN3OS. The van der Waals surface area contributed by atoms with E-state index in [0.29, 0.717) is 15.1 Å². The van der Waals surface area contributed by atoms with Crippen molar-refractivity contribution < 1.29 is 4.79 Å². The number of carbonyl (C=O) groups is 1. The summed E-state index contributed by atoms with van der Waals surface area (Å²) in [5.41, 5.74) is 2.78. The van der Waals surface area contributed by atoms with Gasteiger partial charge in [-0.1, -0.05) is 35.9 Å². The Kier molecular flexibility index (Phi) is 3.54. The third-order valence-electron chi connectivity index (χ3n) is 4.12. The number of H-pyrrole nitrogens is 1. The van der Waals surface area contributed by atoms with Crippen LogP contribution in [0.25, 0.3) is 11.0 Å². The highest BCUT2D eigenvalue weighted by atomic mass is 35.5. The first-order valence-corrected chi connectivity index (χ1v) is 8.51. The number of nitrogens with one attached hydrogen (secondary N) is 2. The molecule has 1 aromatic carbocycles. The number of hydrogen-bond donors (Lipinski definition) is 2. The second-order valence-electron chi connectivity index (χ2n) is 5.61. The van der Waals surface area contributed by atoms with Gasteiger partial charge in [-0.2, -0.15) is 0 Å². The fourth-order valence-electron chi connectivity index (χ4n) is 2.94. The van der Waals surface area contributed by atoms with Crippen LogP contribution < -0.4 is 5.32 Å². The minimum absolute atomic E-state index is 0.0475. The molecule has 6 heteroatoms. The van der Waals surface area contributed by atoms with Gasteiger partial charge in [-0.15, -0.1) is 0 Å². The number of allylic oxidation sites excluding steroid dienone is 2. The van der Waals surface area contributed by atoms with Crippen LogP contribution in [0.4, 0.5) is 0 Å². The number of carbonyl (C=O) groups excluding carboxylic acids is 1. The Morgan fingerprint density at radius 2 is 2.09 bits per heavy atom. The lowest BCUT2D eigenvalue weighted by Crippen LogP contribution is -2.44. The van der Waals surface area contributed by atoms with Gasteiger partial charge in [0.05, 0.1) is 22.0 Å². The van der Waals surface area contributed by atoms with Gasteiger partial charge in [0.25, 0.3) is 5.91 Å². The maximum Gasteiger partial charge on any atom is 0.258 e. The number of nitrogens with zero attached hydrogens (tertiary/aromatic N) is 1. The Bertz CT molecular complexity index is 896.